The average Bonchev–Trinajstić information content (AvgIpc) is 2.98. The lowest BCUT2D eigenvalue weighted by molar-refractivity contribution is 0.0697. The fourth-order valence-corrected chi connectivity index (χ4v) is 2.06. The lowest BCUT2D eigenvalue weighted by atomic mass is 10.2. The Balaban J connectivity index is 2.33. The van der Waals surface area contributed by atoms with Crippen molar-refractivity contribution < 1.29 is 9.90 Å². The molecule has 0 unspecified atom stereocenters. The molecule has 1 fully saturated rings. The largest absolute Gasteiger partial charge is 0.478 e. The van der Waals surface area contributed by atoms with Crippen LogP contribution in [0.4, 0.5) is 5.69 Å². The molecular weight excluding hydrogens is 258 g/mol. The van der Waals surface area contributed by atoms with Gasteiger partial charge < -0.3 is 10.0 Å². The second-order valence-electron chi connectivity index (χ2n) is 3.85. The van der Waals surface area contributed by atoms with E-state index in [-0.39, 0.29) is 0 Å². The summed E-state index contributed by atoms with van der Waals surface area (Å²) in [7, 11) is 2.01. The van der Waals surface area contributed by atoms with E-state index in [1.54, 1.807) is 12.1 Å². The van der Waals surface area contributed by atoms with E-state index in [1.165, 1.54) is 12.8 Å². The molecule has 3 nitrogen and oxygen atoms in total. The molecule has 1 saturated carbocycles. The molecule has 0 saturated heterocycles. The molecule has 0 heterocycles. The predicted molar refractivity (Wildman–Crippen MR) is 62.5 cm³/mol. The molecule has 1 aromatic rings. The fourth-order valence-electron chi connectivity index (χ4n) is 1.57. The van der Waals surface area contributed by atoms with E-state index in [4.69, 9.17) is 5.11 Å². The Bertz CT molecular complexity index is 402. The number of nitrogens with zero attached hydrogens (tertiary/aromatic N) is 1. The third kappa shape index (κ3) is 2.31. The highest BCUT2D eigenvalue weighted by atomic mass is 79.9. The molecule has 0 radical (unpaired) electrons. The van der Waals surface area contributed by atoms with Crippen molar-refractivity contribution in [2.45, 2.75) is 18.9 Å². The minimum Gasteiger partial charge on any atom is -0.478 e. The lowest BCUT2D eigenvalue weighted by Gasteiger charge is -2.19. The maximum Gasteiger partial charge on any atom is 0.335 e. The van der Waals surface area contributed by atoms with E-state index in [0.29, 0.717) is 11.6 Å². The Hall–Kier alpha value is -1.03. The highest BCUT2D eigenvalue weighted by Crippen LogP contribution is 2.32. The maximum absolute atomic E-state index is 10.9. The van der Waals surface area contributed by atoms with Crippen molar-refractivity contribution in [3.8, 4) is 0 Å². The molecule has 15 heavy (non-hydrogen) atoms. The molecule has 0 spiro atoms. The average molecular weight is 270 g/mol. The van der Waals surface area contributed by atoms with Crippen LogP contribution in [-0.4, -0.2) is 24.2 Å². The van der Waals surface area contributed by atoms with Crippen LogP contribution in [0, 0.1) is 0 Å². The lowest BCUT2D eigenvalue weighted by Crippen LogP contribution is -2.19. The summed E-state index contributed by atoms with van der Waals surface area (Å²) in [5, 5.41) is 8.93. The number of hydrogen-bond acceptors (Lipinski definition) is 2. The van der Waals surface area contributed by atoms with Crippen LogP contribution in [0.5, 0.6) is 0 Å². The SMILES string of the molecule is CN(c1cc(Br)cc(C(=O)O)c1)C1CC1. The van der Waals surface area contributed by atoms with Gasteiger partial charge in [-0.15, -0.1) is 0 Å². The van der Waals surface area contributed by atoms with Crippen LogP contribution in [0.1, 0.15) is 23.2 Å². The van der Waals surface area contributed by atoms with Crippen molar-refractivity contribution in [2.24, 2.45) is 0 Å². The zero-order chi connectivity index (χ0) is 11.0. The molecule has 0 aliphatic heterocycles. The quantitative estimate of drug-likeness (QED) is 0.918. The van der Waals surface area contributed by atoms with Crippen LogP contribution in [-0.2, 0) is 0 Å². The third-order valence-electron chi connectivity index (χ3n) is 2.63. The van der Waals surface area contributed by atoms with Crippen molar-refractivity contribution in [3.63, 3.8) is 0 Å². The monoisotopic (exact) mass is 269 g/mol. The summed E-state index contributed by atoms with van der Waals surface area (Å²) in [5.41, 5.74) is 1.29. The topological polar surface area (TPSA) is 40.5 Å². The molecule has 4 heteroatoms. The number of carboxylic acid groups (broad SMARTS) is 1. The Morgan fingerprint density at radius 1 is 1.47 bits per heavy atom. The molecule has 80 valence electrons. The van der Waals surface area contributed by atoms with Crippen LogP contribution < -0.4 is 4.90 Å². The van der Waals surface area contributed by atoms with E-state index in [2.05, 4.69) is 20.8 Å². The Morgan fingerprint density at radius 3 is 2.67 bits per heavy atom. The molecule has 0 aromatic heterocycles. The van der Waals surface area contributed by atoms with Gasteiger partial charge in [-0.25, -0.2) is 4.79 Å². The smallest absolute Gasteiger partial charge is 0.335 e. The summed E-state index contributed by atoms with van der Waals surface area (Å²) in [6.45, 7) is 0. The van der Waals surface area contributed by atoms with Crippen molar-refractivity contribution in [1.82, 2.24) is 0 Å². The molecule has 2 rings (SSSR count). The Kier molecular flexibility index (Phi) is 2.69. The Labute approximate surface area is 96.8 Å². The minimum absolute atomic E-state index is 0.326. The first-order valence-electron chi connectivity index (χ1n) is 4.84. The first kappa shape index (κ1) is 10.5. The normalized spacial score (nSPS) is 15.1. The van der Waals surface area contributed by atoms with E-state index in [0.717, 1.165) is 10.2 Å². The van der Waals surface area contributed by atoms with E-state index in [9.17, 15) is 4.79 Å². The molecule has 0 amide bonds. The summed E-state index contributed by atoms with van der Waals surface area (Å²) in [4.78, 5) is 13.0. The summed E-state index contributed by atoms with van der Waals surface area (Å²) in [5.74, 6) is -0.887. The van der Waals surface area contributed by atoms with Crippen LogP contribution >= 0.6 is 15.9 Å². The van der Waals surface area contributed by atoms with Crippen LogP contribution in [0.3, 0.4) is 0 Å². The Morgan fingerprint density at radius 2 is 2.13 bits per heavy atom. The number of hydrogen-bond donors (Lipinski definition) is 1. The van der Waals surface area contributed by atoms with Gasteiger partial charge in [0.2, 0.25) is 0 Å². The van der Waals surface area contributed by atoms with Crippen LogP contribution in [0.25, 0.3) is 0 Å². The number of carbonyl (C=O) groups is 1. The standard InChI is InChI=1S/C11H12BrNO2/c1-13(9-2-3-9)10-5-7(11(14)15)4-8(12)6-10/h4-6,9H,2-3H2,1H3,(H,14,15). The number of halogens is 1. The van der Waals surface area contributed by atoms with Gasteiger partial charge in [-0.2, -0.15) is 0 Å². The van der Waals surface area contributed by atoms with Crippen molar-refractivity contribution in [1.29, 1.82) is 0 Å². The van der Waals surface area contributed by atoms with Crippen molar-refractivity contribution in [2.75, 3.05) is 11.9 Å². The van der Waals surface area contributed by atoms with Crippen molar-refractivity contribution in [3.05, 3.63) is 28.2 Å². The van der Waals surface area contributed by atoms with E-state index in [1.807, 2.05) is 13.1 Å². The fraction of sp³-hybridized carbons (Fsp3) is 0.364. The molecular formula is C11H12BrNO2. The third-order valence-corrected chi connectivity index (χ3v) is 3.09. The van der Waals surface area contributed by atoms with Gasteiger partial charge >= 0.3 is 5.97 Å². The van der Waals surface area contributed by atoms with E-state index >= 15 is 0 Å². The molecule has 0 bridgehead atoms. The minimum atomic E-state index is -0.887. The molecule has 1 N–H and O–H groups in total. The van der Waals surface area contributed by atoms with Crippen LogP contribution in [0.2, 0.25) is 0 Å². The number of rotatable bonds is 3. The summed E-state index contributed by atoms with van der Waals surface area (Å²) in [6.07, 6.45) is 2.40. The van der Waals surface area contributed by atoms with Gasteiger partial charge in [-0.1, -0.05) is 15.9 Å². The van der Waals surface area contributed by atoms with Gasteiger partial charge in [0, 0.05) is 23.2 Å². The number of carboxylic acids is 1. The van der Waals surface area contributed by atoms with Gasteiger partial charge in [-0.05, 0) is 31.0 Å². The van der Waals surface area contributed by atoms with Gasteiger partial charge in [0.15, 0.2) is 0 Å². The molecule has 1 aliphatic rings. The number of anilines is 1. The van der Waals surface area contributed by atoms with Gasteiger partial charge in [0.1, 0.15) is 0 Å². The second-order valence-corrected chi connectivity index (χ2v) is 4.76. The molecule has 1 aliphatic carbocycles. The first-order chi connectivity index (χ1) is 7.08. The second kappa shape index (κ2) is 3.85. The molecule has 0 atom stereocenters. The van der Waals surface area contributed by atoms with Gasteiger partial charge in [0.25, 0.3) is 0 Å². The number of aromatic carboxylic acids is 1. The van der Waals surface area contributed by atoms with E-state index < -0.39 is 5.97 Å². The highest BCUT2D eigenvalue weighted by molar-refractivity contribution is 9.10. The molecule has 1 aromatic carbocycles. The highest BCUT2D eigenvalue weighted by Gasteiger charge is 2.26. The summed E-state index contributed by atoms with van der Waals surface area (Å²) >= 11 is 3.33. The predicted octanol–water partition coefficient (Wildman–Crippen LogP) is 2.75. The zero-order valence-corrected chi connectivity index (χ0v) is 9.99. The maximum atomic E-state index is 10.9. The van der Waals surface area contributed by atoms with Gasteiger partial charge in [-0.3, -0.25) is 0 Å². The summed E-state index contributed by atoms with van der Waals surface area (Å²) in [6, 6.07) is 5.86. The van der Waals surface area contributed by atoms with Gasteiger partial charge in [0.05, 0.1) is 5.56 Å². The first-order valence-corrected chi connectivity index (χ1v) is 5.64. The van der Waals surface area contributed by atoms with Crippen LogP contribution in [0.15, 0.2) is 22.7 Å². The summed E-state index contributed by atoms with van der Waals surface area (Å²) < 4.78 is 0.810. The number of benzene rings is 1. The zero-order valence-electron chi connectivity index (χ0n) is 8.40. The van der Waals surface area contributed by atoms with Crippen molar-refractivity contribution >= 4 is 27.6 Å².